The maximum Gasteiger partial charge on any atom is 0.140 e. The molecule has 1 aromatic carbocycles. The maximum atomic E-state index is 11.2. The summed E-state index contributed by atoms with van der Waals surface area (Å²) >= 11 is 0. The predicted molar refractivity (Wildman–Crippen MR) is 56.7 cm³/mol. The second kappa shape index (κ2) is 5.29. The number of aromatic hydroxyl groups is 1. The highest BCUT2D eigenvalue weighted by Crippen LogP contribution is 2.11. The van der Waals surface area contributed by atoms with Crippen LogP contribution in [-0.4, -0.2) is 16.7 Å². The van der Waals surface area contributed by atoms with E-state index in [4.69, 9.17) is 5.11 Å². The lowest BCUT2D eigenvalue weighted by Gasteiger charge is -2.00. The molecule has 0 fully saturated rings. The number of ketones is 2. The van der Waals surface area contributed by atoms with E-state index in [2.05, 4.69) is 0 Å². The number of phenols is 1. The molecule has 0 saturated carbocycles. The van der Waals surface area contributed by atoms with E-state index in [1.165, 1.54) is 6.92 Å². The molecule has 1 aromatic rings. The van der Waals surface area contributed by atoms with Gasteiger partial charge in [0.15, 0.2) is 0 Å². The normalized spacial score (nSPS) is 9.93. The Hall–Kier alpha value is -1.64. The van der Waals surface area contributed by atoms with Gasteiger partial charge in [-0.15, -0.1) is 0 Å². The van der Waals surface area contributed by atoms with Crippen molar-refractivity contribution in [3.8, 4) is 5.75 Å². The van der Waals surface area contributed by atoms with Gasteiger partial charge in [-0.1, -0.05) is 12.1 Å². The number of hydrogen-bond acceptors (Lipinski definition) is 3. The number of benzene rings is 1. The first-order valence-electron chi connectivity index (χ1n) is 4.87. The monoisotopic (exact) mass is 206 g/mol. The predicted octanol–water partition coefficient (Wildman–Crippen LogP) is 1.87. The average molecular weight is 206 g/mol. The quantitative estimate of drug-likeness (QED) is 0.748. The molecule has 0 aliphatic heterocycles. The third kappa shape index (κ3) is 4.40. The van der Waals surface area contributed by atoms with E-state index in [1.807, 2.05) is 0 Å². The second-order valence-corrected chi connectivity index (χ2v) is 3.58. The van der Waals surface area contributed by atoms with Crippen molar-refractivity contribution in [2.24, 2.45) is 0 Å². The fourth-order valence-corrected chi connectivity index (χ4v) is 1.31. The minimum Gasteiger partial charge on any atom is -0.508 e. The Bertz CT molecular complexity index is 352. The highest BCUT2D eigenvalue weighted by Gasteiger charge is 2.05. The van der Waals surface area contributed by atoms with Crippen molar-refractivity contribution < 1.29 is 14.7 Å². The van der Waals surface area contributed by atoms with Crippen LogP contribution in [0.1, 0.15) is 25.3 Å². The van der Waals surface area contributed by atoms with Gasteiger partial charge in [0, 0.05) is 6.42 Å². The first-order valence-corrected chi connectivity index (χ1v) is 4.87. The lowest BCUT2D eigenvalue weighted by atomic mass is 10.1. The Balaban J connectivity index is 2.40. The highest BCUT2D eigenvalue weighted by atomic mass is 16.3. The van der Waals surface area contributed by atoms with Crippen molar-refractivity contribution in [2.75, 3.05) is 0 Å². The molecule has 1 rings (SSSR count). The third-order valence-electron chi connectivity index (χ3n) is 2.07. The SMILES string of the molecule is CC(=O)CC(=O)CCc1ccc(O)cc1. The summed E-state index contributed by atoms with van der Waals surface area (Å²) in [6, 6.07) is 6.72. The number of carbonyl (C=O) groups excluding carboxylic acids is 2. The third-order valence-corrected chi connectivity index (χ3v) is 2.07. The van der Waals surface area contributed by atoms with Crippen molar-refractivity contribution in [1.82, 2.24) is 0 Å². The Kier molecular flexibility index (Phi) is 4.03. The van der Waals surface area contributed by atoms with Crippen LogP contribution in [0.2, 0.25) is 0 Å². The van der Waals surface area contributed by atoms with Crippen LogP contribution in [0.5, 0.6) is 5.75 Å². The summed E-state index contributed by atoms with van der Waals surface area (Å²) in [5.74, 6) is 0.0927. The summed E-state index contributed by atoms with van der Waals surface area (Å²) in [5, 5.41) is 9.04. The molecule has 0 aromatic heterocycles. The van der Waals surface area contributed by atoms with Crippen molar-refractivity contribution in [3.63, 3.8) is 0 Å². The van der Waals surface area contributed by atoms with Gasteiger partial charge in [0.2, 0.25) is 0 Å². The number of Topliss-reactive ketones (excluding diaryl/α,β-unsaturated/α-hetero) is 2. The summed E-state index contributed by atoms with van der Waals surface area (Å²) in [5.41, 5.74) is 0.990. The summed E-state index contributed by atoms with van der Waals surface area (Å²) in [7, 11) is 0. The standard InChI is InChI=1S/C12H14O3/c1-9(13)8-12(15)7-4-10-2-5-11(14)6-3-10/h2-3,5-6,14H,4,7-8H2,1H3. The van der Waals surface area contributed by atoms with Gasteiger partial charge < -0.3 is 5.11 Å². The first kappa shape index (κ1) is 11.4. The van der Waals surface area contributed by atoms with E-state index in [9.17, 15) is 9.59 Å². The number of rotatable bonds is 5. The molecule has 0 aliphatic carbocycles. The summed E-state index contributed by atoms with van der Waals surface area (Å²) in [6.07, 6.45) is 1.02. The maximum absolute atomic E-state index is 11.2. The van der Waals surface area contributed by atoms with E-state index in [0.29, 0.717) is 12.8 Å². The second-order valence-electron chi connectivity index (χ2n) is 3.58. The topological polar surface area (TPSA) is 54.4 Å². The van der Waals surface area contributed by atoms with Crippen LogP contribution < -0.4 is 0 Å². The molecule has 0 spiro atoms. The van der Waals surface area contributed by atoms with Crippen LogP contribution in [0, 0.1) is 0 Å². The van der Waals surface area contributed by atoms with Gasteiger partial charge in [0.25, 0.3) is 0 Å². The molecule has 3 nitrogen and oxygen atoms in total. The average Bonchev–Trinajstić information content (AvgIpc) is 2.16. The van der Waals surface area contributed by atoms with Gasteiger partial charge >= 0.3 is 0 Å². The Morgan fingerprint density at radius 1 is 1.20 bits per heavy atom. The zero-order chi connectivity index (χ0) is 11.3. The summed E-state index contributed by atoms with van der Waals surface area (Å²) < 4.78 is 0. The molecule has 0 radical (unpaired) electrons. The van der Waals surface area contributed by atoms with Crippen molar-refractivity contribution in [1.29, 1.82) is 0 Å². The van der Waals surface area contributed by atoms with E-state index in [-0.39, 0.29) is 23.7 Å². The highest BCUT2D eigenvalue weighted by molar-refractivity contribution is 5.97. The Morgan fingerprint density at radius 2 is 1.80 bits per heavy atom. The van der Waals surface area contributed by atoms with Crippen molar-refractivity contribution >= 4 is 11.6 Å². The van der Waals surface area contributed by atoms with Gasteiger partial charge in [-0.05, 0) is 31.0 Å². The molecule has 15 heavy (non-hydrogen) atoms. The molecule has 0 heterocycles. The van der Waals surface area contributed by atoms with E-state index >= 15 is 0 Å². The molecule has 0 bridgehead atoms. The summed E-state index contributed by atoms with van der Waals surface area (Å²) in [6.45, 7) is 1.42. The Labute approximate surface area is 88.7 Å². The minimum atomic E-state index is -0.0919. The van der Waals surface area contributed by atoms with Crippen LogP contribution in [0.3, 0.4) is 0 Å². The Morgan fingerprint density at radius 3 is 2.33 bits per heavy atom. The molecule has 3 heteroatoms. The van der Waals surface area contributed by atoms with Crippen LogP contribution in [0.25, 0.3) is 0 Å². The van der Waals surface area contributed by atoms with Gasteiger partial charge in [-0.3, -0.25) is 9.59 Å². The first-order chi connectivity index (χ1) is 7.08. The molecule has 0 aliphatic rings. The lowest BCUT2D eigenvalue weighted by Crippen LogP contribution is -2.05. The smallest absolute Gasteiger partial charge is 0.140 e. The molecular weight excluding hydrogens is 192 g/mol. The minimum absolute atomic E-state index is 0.0259. The lowest BCUT2D eigenvalue weighted by molar-refractivity contribution is -0.125. The van der Waals surface area contributed by atoms with Crippen LogP contribution in [0.4, 0.5) is 0 Å². The molecule has 0 saturated heterocycles. The number of aryl methyl sites for hydroxylation is 1. The fraction of sp³-hybridized carbons (Fsp3) is 0.333. The molecular formula is C12H14O3. The van der Waals surface area contributed by atoms with Gasteiger partial charge in [0.1, 0.15) is 17.3 Å². The van der Waals surface area contributed by atoms with E-state index in [0.717, 1.165) is 5.56 Å². The van der Waals surface area contributed by atoms with Gasteiger partial charge in [0.05, 0.1) is 6.42 Å². The van der Waals surface area contributed by atoms with Crippen LogP contribution in [0.15, 0.2) is 24.3 Å². The molecule has 0 atom stereocenters. The van der Waals surface area contributed by atoms with Crippen molar-refractivity contribution in [2.45, 2.75) is 26.2 Å². The molecule has 0 amide bonds. The van der Waals surface area contributed by atoms with E-state index in [1.54, 1.807) is 24.3 Å². The van der Waals surface area contributed by atoms with E-state index < -0.39 is 0 Å². The van der Waals surface area contributed by atoms with Gasteiger partial charge in [-0.25, -0.2) is 0 Å². The largest absolute Gasteiger partial charge is 0.508 e. The number of carbonyl (C=O) groups is 2. The van der Waals surface area contributed by atoms with Crippen LogP contribution in [-0.2, 0) is 16.0 Å². The molecule has 1 N–H and O–H groups in total. The van der Waals surface area contributed by atoms with Crippen LogP contribution >= 0.6 is 0 Å². The fourth-order valence-electron chi connectivity index (χ4n) is 1.31. The summed E-state index contributed by atoms with van der Waals surface area (Å²) in [4.78, 5) is 21.9. The molecule has 0 unspecified atom stereocenters. The number of hydrogen-bond donors (Lipinski definition) is 1. The van der Waals surface area contributed by atoms with Gasteiger partial charge in [-0.2, -0.15) is 0 Å². The van der Waals surface area contributed by atoms with Crippen molar-refractivity contribution in [3.05, 3.63) is 29.8 Å². The number of phenolic OH excluding ortho intramolecular Hbond substituents is 1. The zero-order valence-electron chi connectivity index (χ0n) is 8.69. The zero-order valence-corrected chi connectivity index (χ0v) is 8.69. The molecule has 80 valence electrons.